The van der Waals surface area contributed by atoms with Gasteiger partial charge in [-0.05, 0) is 66.8 Å². The van der Waals surface area contributed by atoms with E-state index in [2.05, 4.69) is 20.0 Å². The van der Waals surface area contributed by atoms with Crippen LogP contribution in [0, 0.1) is 5.82 Å². The van der Waals surface area contributed by atoms with Gasteiger partial charge in [-0.2, -0.15) is 8.78 Å². The van der Waals surface area contributed by atoms with Crippen molar-refractivity contribution in [2.75, 3.05) is 18.4 Å². The number of nitrogens with one attached hydrogen (secondary N) is 1. The fourth-order valence-corrected chi connectivity index (χ4v) is 4.61. The number of carbonyl (C=O) groups is 2. The van der Waals surface area contributed by atoms with Gasteiger partial charge >= 0.3 is 6.61 Å². The normalized spacial score (nSPS) is 14.1. The van der Waals surface area contributed by atoms with Crippen molar-refractivity contribution >= 4 is 28.4 Å². The smallest absolute Gasteiger partial charge is 0.387 e. The van der Waals surface area contributed by atoms with Gasteiger partial charge in [0.2, 0.25) is 0 Å². The van der Waals surface area contributed by atoms with Gasteiger partial charge in [0.05, 0.1) is 11.1 Å². The number of rotatable bonds is 6. The molecule has 1 aliphatic rings. The van der Waals surface area contributed by atoms with Crippen LogP contribution in [0.5, 0.6) is 5.75 Å². The maximum atomic E-state index is 14.2. The number of carbonyl (C=O) groups excluding carboxylic acids is 2. The quantitative estimate of drug-likeness (QED) is 0.356. The SMILES string of the molecule is O=C(Nc1ccc(C2CCN(C(=O)c3ccc4ncncc4c3)CC2)cc1)c1ccc(OC(F)F)cc1F. The molecule has 5 rings (SSSR count). The van der Waals surface area contributed by atoms with E-state index >= 15 is 0 Å². The first kappa shape index (κ1) is 25.2. The molecule has 3 aromatic carbocycles. The monoisotopic (exact) mass is 520 g/mol. The highest BCUT2D eigenvalue weighted by Gasteiger charge is 2.25. The molecule has 194 valence electrons. The predicted molar refractivity (Wildman–Crippen MR) is 135 cm³/mol. The van der Waals surface area contributed by atoms with Gasteiger partial charge in [0.25, 0.3) is 11.8 Å². The van der Waals surface area contributed by atoms with Crippen LogP contribution in [-0.4, -0.2) is 46.4 Å². The Morgan fingerprint density at radius 1 is 1.00 bits per heavy atom. The summed E-state index contributed by atoms with van der Waals surface area (Å²) in [7, 11) is 0. The van der Waals surface area contributed by atoms with Crippen molar-refractivity contribution in [2.45, 2.75) is 25.4 Å². The molecule has 2 amide bonds. The number of amides is 2. The largest absolute Gasteiger partial charge is 0.435 e. The lowest BCUT2D eigenvalue weighted by atomic mass is 9.89. The minimum absolute atomic E-state index is 0.0201. The van der Waals surface area contributed by atoms with E-state index in [9.17, 15) is 22.8 Å². The summed E-state index contributed by atoms with van der Waals surface area (Å²) < 4.78 is 42.9. The molecule has 10 heteroatoms. The number of hydrogen-bond donors (Lipinski definition) is 1. The molecule has 1 N–H and O–H groups in total. The standard InChI is InChI=1S/C28H23F3N4O3/c29-24-14-22(38-28(30)31)6-7-23(24)26(36)34-21-4-1-17(2-5-21)18-9-11-35(12-10-18)27(37)19-3-8-25-20(13-19)15-32-16-33-25/h1-8,13-16,18,28H,9-12H2,(H,34,36). The Hall–Kier alpha value is -4.47. The Morgan fingerprint density at radius 2 is 1.76 bits per heavy atom. The molecule has 1 aromatic heterocycles. The molecule has 38 heavy (non-hydrogen) atoms. The molecule has 0 atom stereocenters. The molecule has 1 aliphatic heterocycles. The summed E-state index contributed by atoms with van der Waals surface area (Å²) in [4.78, 5) is 35.5. The molecule has 7 nitrogen and oxygen atoms in total. The van der Waals surface area contributed by atoms with Crippen LogP contribution in [0.3, 0.4) is 0 Å². The number of ether oxygens (including phenoxy) is 1. The molecule has 0 aliphatic carbocycles. The van der Waals surface area contributed by atoms with E-state index in [1.165, 1.54) is 6.33 Å². The van der Waals surface area contributed by atoms with E-state index in [1.54, 1.807) is 24.4 Å². The average Bonchev–Trinajstić information content (AvgIpc) is 2.92. The number of piperidine rings is 1. The molecule has 0 radical (unpaired) electrons. The number of likely N-dealkylation sites (tertiary alicyclic amines) is 1. The molecule has 0 bridgehead atoms. The van der Waals surface area contributed by atoms with Gasteiger partial charge in [0.1, 0.15) is 17.9 Å². The molecule has 1 saturated heterocycles. The van der Waals surface area contributed by atoms with Gasteiger partial charge in [0.15, 0.2) is 0 Å². The number of anilines is 1. The lowest BCUT2D eigenvalue weighted by Crippen LogP contribution is -2.37. The molecule has 2 heterocycles. The number of fused-ring (bicyclic) bond motifs is 1. The molecule has 4 aromatic rings. The summed E-state index contributed by atoms with van der Waals surface area (Å²) in [5.41, 5.74) is 2.67. The van der Waals surface area contributed by atoms with Crippen LogP contribution in [0.1, 0.15) is 45.0 Å². The highest BCUT2D eigenvalue weighted by atomic mass is 19.3. The summed E-state index contributed by atoms with van der Waals surface area (Å²) in [5, 5.41) is 3.43. The minimum atomic E-state index is -3.08. The second-order valence-electron chi connectivity index (χ2n) is 8.96. The Balaban J connectivity index is 1.17. The van der Waals surface area contributed by atoms with Crippen molar-refractivity contribution in [3.05, 3.63) is 95.7 Å². The molecule has 0 saturated carbocycles. The maximum Gasteiger partial charge on any atom is 0.387 e. The van der Waals surface area contributed by atoms with Crippen LogP contribution in [0.15, 0.2) is 73.2 Å². The topological polar surface area (TPSA) is 84.4 Å². The van der Waals surface area contributed by atoms with Crippen LogP contribution >= 0.6 is 0 Å². The molecule has 0 spiro atoms. The Kier molecular flexibility index (Phi) is 7.21. The van der Waals surface area contributed by atoms with Gasteiger partial charge in [-0.3, -0.25) is 9.59 Å². The number of nitrogens with zero attached hydrogens (tertiary/aromatic N) is 3. The second-order valence-corrected chi connectivity index (χ2v) is 8.96. The number of aromatic nitrogens is 2. The average molecular weight is 521 g/mol. The first-order valence-electron chi connectivity index (χ1n) is 12.0. The van der Waals surface area contributed by atoms with Crippen LogP contribution in [-0.2, 0) is 0 Å². The highest BCUT2D eigenvalue weighted by Crippen LogP contribution is 2.30. The zero-order valence-electron chi connectivity index (χ0n) is 20.1. The summed E-state index contributed by atoms with van der Waals surface area (Å²) in [6.45, 7) is -1.84. The van der Waals surface area contributed by atoms with Crippen molar-refractivity contribution in [2.24, 2.45) is 0 Å². The van der Waals surface area contributed by atoms with Crippen LogP contribution < -0.4 is 10.1 Å². The Bertz CT molecular complexity index is 1470. The van der Waals surface area contributed by atoms with Gasteiger partial charge in [0, 0.05) is 42.0 Å². The summed E-state index contributed by atoms with van der Waals surface area (Å²) in [5.74, 6) is -1.79. The third-order valence-electron chi connectivity index (χ3n) is 6.58. The Morgan fingerprint density at radius 3 is 2.47 bits per heavy atom. The Labute approximate surface area is 216 Å². The van der Waals surface area contributed by atoms with Gasteiger partial charge in [-0.15, -0.1) is 0 Å². The molecular weight excluding hydrogens is 497 g/mol. The summed E-state index contributed by atoms with van der Waals surface area (Å²) in [6.07, 6.45) is 4.76. The van der Waals surface area contributed by atoms with Crippen LogP contribution in [0.4, 0.5) is 18.9 Å². The molecule has 0 unspecified atom stereocenters. The lowest BCUT2D eigenvalue weighted by molar-refractivity contribution is -0.0500. The van der Waals surface area contributed by atoms with Crippen LogP contribution in [0.25, 0.3) is 10.9 Å². The first-order valence-corrected chi connectivity index (χ1v) is 12.0. The number of benzene rings is 3. The summed E-state index contributed by atoms with van der Waals surface area (Å²) in [6, 6.07) is 15.6. The second kappa shape index (κ2) is 10.9. The van der Waals surface area contributed by atoms with E-state index < -0.39 is 18.3 Å². The zero-order chi connectivity index (χ0) is 26.6. The van der Waals surface area contributed by atoms with Crippen LogP contribution in [0.2, 0.25) is 0 Å². The van der Waals surface area contributed by atoms with E-state index in [0.29, 0.717) is 24.3 Å². The van der Waals surface area contributed by atoms with Gasteiger partial charge in [-0.25, -0.2) is 14.4 Å². The van der Waals surface area contributed by atoms with Crippen molar-refractivity contribution in [1.82, 2.24) is 14.9 Å². The number of alkyl halides is 2. The van der Waals surface area contributed by atoms with Crippen molar-refractivity contribution in [1.29, 1.82) is 0 Å². The fourth-order valence-electron chi connectivity index (χ4n) is 4.61. The van der Waals surface area contributed by atoms with Crippen molar-refractivity contribution in [3.8, 4) is 5.75 Å². The number of hydrogen-bond acceptors (Lipinski definition) is 5. The van der Waals surface area contributed by atoms with Crippen molar-refractivity contribution in [3.63, 3.8) is 0 Å². The highest BCUT2D eigenvalue weighted by molar-refractivity contribution is 6.04. The fraction of sp³-hybridized carbons (Fsp3) is 0.214. The van der Waals surface area contributed by atoms with E-state index in [1.807, 2.05) is 29.2 Å². The molecular formula is C28H23F3N4O3. The zero-order valence-corrected chi connectivity index (χ0v) is 20.1. The minimum Gasteiger partial charge on any atom is -0.435 e. The van der Waals surface area contributed by atoms with Gasteiger partial charge < -0.3 is 15.0 Å². The first-order chi connectivity index (χ1) is 18.4. The molecule has 1 fully saturated rings. The van der Waals surface area contributed by atoms with E-state index in [-0.39, 0.29) is 23.1 Å². The summed E-state index contributed by atoms with van der Waals surface area (Å²) >= 11 is 0. The third-order valence-corrected chi connectivity index (χ3v) is 6.58. The predicted octanol–water partition coefficient (Wildman–Crippen LogP) is 5.64. The maximum absolute atomic E-state index is 14.2. The van der Waals surface area contributed by atoms with E-state index in [0.717, 1.165) is 47.5 Å². The third kappa shape index (κ3) is 5.59. The van der Waals surface area contributed by atoms with E-state index in [4.69, 9.17) is 0 Å². The lowest BCUT2D eigenvalue weighted by Gasteiger charge is -2.32. The number of halogens is 3. The van der Waals surface area contributed by atoms with Gasteiger partial charge in [-0.1, -0.05) is 12.1 Å². The van der Waals surface area contributed by atoms with Crippen molar-refractivity contribution < 1.29 is 27.5 Å².